The summed E-state index contributed by atoms with van der Waals surface area (Å²) in [6.45, 7) is 1.88. The molecule has 0 aliphatic carbocycles. The van der Waals surface area contributed by atoms with Crippen LogP contribution in [-0.4, -0.2) is 5.11 Å². The Morgan fingerprint density at radius 1 is 0.812 bits per heavy atom. The van der Waals surface area contributed by atoms with Gasteiger partial charge in [0.15, 0.2) is 5.75 Å². The van der Waals surface area contributed by atoms with Crippen LogP contribution in [0.1, 0.15) is 35.7 Å². The van der Waals surface area contributed by atoms with Crippen LogP contribution >= 0.6 is 0 Å². The van der Waals surface area contributed by atoms with E-state index in [0.29, 0.717) is 11.3 Å². The highest BCUT2D eigenvalue weighted by Crippen LogP contribution is 2.33. The van der Waals surface area contributed by atoms with Crippen molar-refractivity contribution in [2.45, 2.75) is 19.0 Å². The zero-order valence-electron chi connectivity index (χ0n) is 17.1. The number of halogens is 2. The average Bonchev–Trinajstić information content (AvgIpc) is 2.81. The summed E-state index contributed by atoms with van der Waals surface area (Å²) < 4.78 is 27.3. The van der Waals surface area contributed by atoms with Crippen molar-refractivity contribution in [2.75, 3.05) is 5.32 Å². The summed E-state index contributed by atoms with van der Waals surface area (Å²) in [7, 11) is 0. The maximum absolute atomic E-state index is 13.7. The fourth-order valence-electron chi connectivity index (χ4n) is 3.64. The van der Waals surface area contributed by atoms with E-state index in [1.54, 1.807) is 42.5 Å². The molecule has 0 spiro atoms. The van der Waals surface area contributed by atoms with Crippen LogP contribution in [0.5, 0.6) is 5.75 Å². The van der Waals surface area contributed by atoms with Gasteiger partial charge in [-0.2, -0.15) is 0 Å². The van der Waals surface area contributed by atoms with Gasteiger partial charge in [0, 0.05) is 11.7 Å². The van der Waals surface area contributed by atoms with Crippen molar-refractivity contribution in [3.63, 3.8) is 0 Å². The molecule has 0 fully saturated rings. The Morgan fingerprint density at radius 2 is 1.53 bits per heavy atom. The number of para-hydroxylation sites is 1. The normalized spacial score (nSPS) is 13.1. The van der Waals surface area contributed by atoms with Gasteiger partial charge < -0.3 is 10.4 Å². The standard InChI is InChI=1S/C25H20F2N2O3/c1-14(16-5-4-6-18(27)13-16)28-21(15-9-11-17(26)12-10-15)19-7-2-3-8-20(19)29-22-23(30)25(32)24(22)31/h2-14,21,28-30H,1H3/t14-,21?/m1/s1. The molecule has 2 atom stereocenters. The van der Waals surface area contributed by atoms with Crippen molar-refractivity contribution in [2.24, 2.45) is 0 Å². The molecule has 4 rings (SSSR count). The number of hydrogen-bond acceptors (Lipinski definition) is 5. The van der Waals surface area contributed by atoms with E-state index < -0.39 is 22.6 Å². The first-order chi connectivity index (χ1) is 15.3. The number of anilines is 2. The lowest BCUT2D eigenvalue weighted by Gasteiger charge is -2.27. The molecule has 0 aliphatic heterocycles. The first-order valence-corrected chi connectivity index (χ1v) is 10.0. The van der Waals surface area contributed by atoms with Crippen LogP contribution in [0, 0.1) is 11.6 Å². The van der Waals surface area contributed by atoms with E-state index in [9.17, 15) is 23.5 Å². The molecule has 0 aliphatic rings. The molecule has 3 N–H and O–H groups in total. The van der Waals surface area contributed by atoms with Crippen LogP contribution in [-0.2, 0) is 0 Å². The lowest BCUT2D eigenvalue weighted by molar-refractivity contribution is 0.466. The van der Waals surface area contributed by atoms with Crippen LogP contribution < -0.4 is 21.5 Å². The fourth-order valence-corrected chi connectivity index (χ4v) is 3.64. The predicted molar refractivity (Wildman–Crippen MR) is 119 cm³/mol. The van der Waals surface area contributed by atoms with Crippen LogP contribution in [0.3, 0.4) is 0 Å². The molecule has 7 heteroatoms. The lowest BCUT2D eigenvalue weighted by Crippen LogP contribution is -2.33. The van der Waals surface area contributed by atoms with Crippen LogP contribution in [0.2, 0.25) is 0 Å². The summed E-state index contributed by atoms with van der Waals surface area (Å²) >= 11 is 0. The number of nitrogens with one attached hydrogen (secondary N) is 2. The van der Waals surface area contributed by atoms with Gasteiger partial charge in [-0.05, 0) is 53.9 Å². The Morgan fingerprint density at radius 3 is 2.22 bits per heavy atom. The first-order valence-electron chi connectivity index (χ1n) is 10.0. The van der Waals surface area contributed by atoms with E-state index in [2.05, 4.69) is 10.6 Å². The first kappa shape index (κ1) is 21.4. The Kier molecular flexibility index (Phi) is 5.83. The third-order valence-electron chi connectivity index (χ3n) is 5.39. The van der Waals surface area contributed by atoms with E-state index in [-0.39, 0.29) is 23.4 Å². The lowest BCUT2D eigenvalue weighted by atomic mass is 9.95. The second-order valence-electron chi connectivity index (χ2n) is 7.52. The second-order valence-corrected chi connectivity index (χ2v) is 7.52. The molecule has 0 heterocycles. The zero-order valence-corrected chi connectivity index (χ0v) is 17.1. The van der Waals surface area contributed by atoms with Gasteiger partial charge in [-0.25, -0.2) is 8.78 Å². The Labute approximate surface area is 182 Å². The summed E-state index contributed by atoms with van der Waals surface area (Å²) in [6.07, 6.45) is 0. The van der Waals surface area contributed by atoms with E-state index in [0.717, 1.165) is 11.1 Å². The van der Waals surface area contributed by atoms with Crippen LogP contribution in [0.25, 0.3) is 0 Å². The third-order valence-corrected chi connectivity index (χ3v) is 5.39. The van der Waals surface area contributed by atoms with Gasteiger partial charge in [0.2, 0.25) is 0 Å². The molecule has 4 aromatic carbocycles. The molecule has 0 bridgehead atoms. The molecule has 0 saturated heterocycles. The van der Waals surface area contributed by atoms with E-state index in [1.807, 2.05) is 13.0 Å². The minimum Gasteiger partial charge on any atom is -0.502 e. The van der Waals surface area contributed by atoms with Crippen LogP contribution in [0.15, 0.2) is 82.4 Å². The Balaban J connectivity index is 1.74. The van der Waals surface area contributed by atoms with Gasteiger partial charge in [-0.15, -0.1) is 0 Å². The van der Waals surface area contributed by atoms with Crippen molar-refractivity contribution >= 4 is 11.4 Å². The molecule has 4 aromatic rings. The summed E-state index contributed by atoms with van der Waals surface area (Å²) in [5, 5.41) is 16.0. The molecule has 0 amide bonds. The fraction of sp³-hybridized carbons (Fsp3) is 0.120. The molecule has 32 heavy (non-hydrogen) atoms. The van der Waals surface area contributed by atoms with Gasteiger partial charge in [0.05, 0.1) is 6.04 Å². The minimum atomic E-state index is -0.932. The molecule has 0 saturated carbocycles. The number of benzene rings is 3. The molecule has 0 aromatic heterocycles. The van der Waals surface area contributed by atoms with Crippen molar-refractivity contribution in [3.05, 3.63) is 122 Å². The Hall–Kier alpha value is -3.84. The van der Waals surface area contributed by atoms with Crippen molar-refractivity contribution in [3.8, 4) is 5.75 Å². The smallest absolute Gasteiger partial charge is 0.271 e. The summed E-state index contributed by atoms with van der Waals surface area (Å²) in [5.74, 6) is -1.35. The maximum Gasteiger partial charge on any atom is 0.271 e. The van der Waals surface area contributed by atoms with E-state index in [1.165, 1.54) is 24.3 Å². The van der Waals surface area contributed by atoms with Crippen molar-refractivity contribution in [1.82, 2.24) is 5.32 Å². The zero-order chi connectivity index (χ0) is 22.8. The number of aromatic hydroxyl groups is 1. The monoisotopic (exact) mass is 434 g/mol. The number of hydrogen-bond donors (Lipinski definition) is 3. The summed E-state index contributed by atoms with van der Waals surface area (Å²) in [6, 6.07) is 18.5. The van der Waals surface area contributed by atoms with E-state index >= 15 is 0 Å². The largest absolute Gasteiger partial charge is 0.502 e. The highest BCUT2D eigenvalue weighted by atomic mass is 19.1. The van der Waals surface area contributed by atoms with Gasteiger partial charge in [-0.1, -0.05) is 42.5 Å². The summed E-state index contributed by atoms with van der Waals surface area (Å²) in [5.41, 5.74) is 0.742. The maximum atomic E-state index is 13.7. The Bertz CT molecular complexity index is 1330. The van der Waals surface area contributed by atoms with Gasteiger partial charge >= 0.3 is 0 Å². The minimum absolute atomic E-state index is 0.168. The van der Waals surface area contributed by atoms with E-state index in [4.69, 9.17) is 0 Å². The second kappa shape index (κ2) is 8.72. The topological polar surface area (TPSA) is 78.4 Å². The molecular weight excluding hydrogens is 414 g/mol. The molecule has 5 nitrogen and oxygen atoms in total. The van der Waals surface area contributed by atoms with Gasteiger partial charge in [-0.3, -0.25) is 14.9 Å². The third kappa shape index (κ3) is 4.15. The SMILES string of the molecule is C[C@@H](NC(c1ccc(F)cc1)c1ccccc1Nc1c(O)c(=O)c1=O)c1cccc(F)c1. The quantitative estimate of drug-likeness (QED) is 0.375. The van der Waals surface area contributed by atoms with Gasteiger partial charge in [0.25, 0.3) is 10.9 Å². The molecule has 0 radical (unpaired) electrons. The van der Waals surface area contributed by atoms with Crippen molar-refractivity contribution in [1.29, 1.82) is 0 Å². The summed E-state index contributed by atoms with van der Waals surface area (Å²) in [4.78, 5) is 23.2. The molecule has 1 unspecified atom stereocenters. The van der Waals surface area contributed by atoms with Crippen LogP contribution in [0.4, 0.5) is 20.2 Å². The van der Waals surface area contributed by atoms with Crippen molar-refractivity contribution < 1.29 is 13.9 Å². The molecular formula is C25H20F2N2O3. The highest BCUT2D eigenvalue weighted by Gasteiger charge is 2.24. The average molecular weight is 434 g/mol. The highest BCUT2D eigenvalue weighted by molar-refractivity contribution is 5.72. The predicted octanol–water partition coefficient (Wildman–Crippen LogP) is 4.45. The number of rotatable bonds is 7. The molecule has 162 valence electrons. The van der Waals surface area contributed by atoms with Gasteiger partial charge in [0.1, 0.15) is 17.3 Å².